The fraction of sp³-hybridized carbons (Fsp3) is 0.692. The first kappa shape index (κ1) is 19.8. The number of nitrogens with two attached hydrogens (primary N) is 2. The average molecular weight is 348 g/mol. The van der Waals surface area contributed by atoms with E-state index in [1.54, 1.807) is 0 Å². The number of unbranched alkanes of at least 4 members (excludes halogenated alkanes) is 1. The SMILES string of the molecule is NCCCC[C@H](N)C(=O)O[C@@H](CO)[C@H]1OC(=O)C(=O)C1OC(=O)O. The Morgan fingerprint density at radius 2 is 1.96 bits per heavy atom. The number of carbonyl (C=O) groups excluding carboxylic acids is 3. The second kappa shape index (κ2) is 9.15. The smallest absolute Gasteiger partial charge is 0.455 e. The first-order valence-corrected chi connectivity index (χ1v) is 7.23. The molecular weight excluding hydrogens is 328 g/mol. The summed E-state index contributed by atoms with van der Waals surface area (Å²) >= 11 is 0. The van der Waals surface area contributed by atoms with Crippen LogP contribution in [0.25, 0.3) is 0 Å². The van der Waals surface area contributed by atoms with Crippen molar-refractivity contribution in [1.82, 2.24) is 0 Å². The lowest BCUT2D eigenvalue weighted by molar-refractivity contribution is -0.169. The Hall–Kier alpha value is -2.24. The third-order valence-electron chi connectivity index (χ3n) is 3.31. The summed E-state index contributed by atoms with van der Waals surface area (Å²) in [5.41, 5.74) is 11.0. The molecule has 0 aliphatic carbocycles. The predicted molar refractivity (Wildman–Crippen MR) is 75.6 cm³/mol. The van der Waals surface area contributed by atoms with Gasteiger partial charge in [-0.25, -0.2) is 9.59 Å². The number of hydrogen-bond acceptors (Lipinski definition) is 10. The molecule has 1 aliphatic rings. The van der Waals surface area contributed by atoms with Crippen LogP contribution in [0, 0.1) is 0 Å². The van der Waals surface area contributed by atoms with Crippen molar-refractivity contribution in [3.8, 4) is 0 Å². The molecule has 4 atom stereocenters. The fourth-order valence-corrected chi connectivity index (χ4v) is 2.08. The molecule has 11 nitrogen and oxygen atoms in total. The third-order valence-corrected chi connectivity index (χ3v) is 3.31. The molecule has 1 rings (SSSR count). The number of esters is 2. The van der Waals surface area contributed by atoms with E-state index in [-0.39, 0.29) is 6.42 Å². The molecule has 1 unspecified atom stereocenters. The number of aliphatic hydroxyl groups excluding tert-OH is 1. The molecular formula is C13H20N2O9. The molecule has 0 bridgehead atoms. The predicted octanol–water partition coefficient (Wildman–Crippen LogP) is -2.10. The number of rotatable bonds is 9. The van der Waals surface area contributed by atoms with Gasteiger partial charge < -0.3 is 35.9 Å². The number of cyclic esters (lactones) is 1. The van der Waals surface area contributed by atoms with Crippen molar-refractivity contribution >= 4 is 23.9 Å². The number of aliphatic hydroxyl groups is 1. The molecule has 0 spiro atoms. The van der Waals surface area contributed by atoms with Crippen LogP contribution in [0.3, 0.4) is 0 Å². The molecule has 11 heteroatoms. The summed E-state index contributed by atoms with van der Waals surface area (Å²) in [5.74, 6) is -3.48. The van der Waals surface area contributed by atoms with Crippen molar-refractivity contribution in [3.63, 3.8) is 0 Å². The van der Waals surface area contributed by atoms with Gasteiger partial charge in [-0.2, -0.15) is 0 Å². The summed E-state index contributed by atoms with van der Waals surface area (Å²) in [6, 6.07) is -1.00. The van der Waals surface area contributed by atoms with Crippen molar-refractivity contribution in [2.75, 3.05) is 13.2 Å². The van der Waals surface area contributed by atoms with Gasteiger partial charge in [0, 0.05) is 0 Å². The fourth-order valence-electron chi connectivity index (χ4n) is 2.08. The molecule has 136 valence electrons. The second-order valence-electron chi connectivity index (χ2n) is 5.09. The van der Waals surface area contributed by atoms with Crippen LogP contribution in [0.2, 0.25) is 0 Å². The minimum absolute atomic E-state index is 0.284. The third kappa shape index (κ3) is 5.15. The zero-order valence-electron chi connectivity index (χ0n) is 12.8. The lowest BCUT2D eigenvalue weighted by Gasteiger charge is -2.24. The highest BCUT2D eigenvalue weighted by Gasteiger charge is 2.51. The number of ketones is 1. The van der Waals surface area contributed by atoms with Crippen LogP contribution in [-0.2, 0) is 28.6 Å². The van der Waals surface area contributed by atoms with Gasteiger partial charge in [0.2, 0.25) is 6.10 Å². The van der Waals surface area contributed by atoms with Gasteiger partial charge in [-0.15, -0.1) is 0 Å². The van der Waals surface area contributed by atoms with Crippen LogP contribution in [0.4, 0.5) is 4.79 Å². The summed E-state index contributed by atoms with van der Waals surface area (Å²) < 4.78 is 13.9. The molecule has 0 aromatic carbocycles. The number of hydrogen-bond donors (Lipinski definition) is 4. The standard InChI is InChI=1S/C13H20N2O9/c14-4-2-1-3-6(15)11(18)22-7(5-16)9-10(24-13(20)21)8(17)12(19)23-9/h6-7,9-10,16H,1-5,14-15H2,(H,20,21)/t6-,7-,9+,10?/m0/s1. The Morgan fingerprint density at radius 1 is 1.29 bits per heavy atom. The van der Waals surface area contributed by atoms with E-state index in [4.69, 9.17) is 21.3 Å². The minimum Gasteiger partial charge on any atom is -0.455 e. The highest BCUT2D eigenvalue weighted by Crippen LogP contribution is 2.21. The molecule has 0 aromatic heterocycles. The Kier molecular flexibility index (Phi) is 7.55. The van der Waals surface area contributed by atoms with Gasteiger partial charge in [0.25, 0.3) is 5.78 Å². The molecule has 24 heavy (non-hydrogen) atoms. The first-order valence-electron chi connectivity index (χ1n) is 7.23. The van der Waals surface area contributed by atoms with Crippen LogP contribution in [0.15, 0.2) is 0 Å². The maximum atomic E-state index is 11.9. The minimum atomic E-state index is -1.83. The molecule has 0 radical (unpaired) electrons. The van der Waals surface area contributed by atoms with Gasteiger partial charge in [-0.1, -0.05) is 6.42 Å². The van der Waals surface area contributed by atoms with Gasteiger partial charge in [0.15, 0.2) is 12.2 Å². The Labute approximate surface area is 136 Å². The van der Waals surface area contributed by atoms with Crippen LogP contribution in [0.1, 0.15) is 19.3 Å². The molecule has 1 heterocycles. The van der Waals surface area contributed by atoms with E-state index in [0.29, 0.717) is 19.4 Å². The molecule has 6 N–H and O–H groups in total. The largest absolute Gasteiger partial charge is 0.506 e. The molecule has 0 saturated carbocycles. The normalized spacial score (nSPS) is 22.6. The highest BCUT2D eigenvalue weighted by molar-refractivity contribution is 6.37. The second-order valence-corrected chi connectivity index (χ2v) is 5.09. The molecule has 1 fully saturated rings. The summed E-state index contributed by atoms with van der Waals surface area (Å²) in [4.78, 5) is 45.3. The number of Topliss-reactive ketones (excluding diaryl/α,β-unsaturated/α-hetero) is 1. The summed E-state index contributed by atoms with van der Waals surface area (Å²) in [6.07, 6.45) is -5.19. The summed E-state index contributed by atoms with van der Waals surface area (Å²) in [6.45, 7) is -0.388. The van der Waals surface area contributed by atoms with Gasteiger partial charge in [-0.3, -0.25) is 9.59 Å². The van der Waals surface area contributed by atoms with Crippen molar-refractivity contribution in [1.29, 1.82) is 0 Å². The van der Waals surface area contributed by atoms with Crippen LogP contribution in [0.5, 0.6) is 0 Å². The quantitative estimate of drug-likeness (QED) is 0.155. The Morgan fingerprint density at radius 3 is 2.50 bits per heavy atom. The van der Waals surface area contributed by atoms with E-state index in [1.165, 1.54) is 0 Å². The van der Waals surface area contributed by atoms with Crippen molar-refractivity contribution in [2.45, 2.75) is 43.6 Å². The average Bonchev–Trinajstić information content (AvgIpc) is 2.80. The maximum absolute atomic E-state index is 11.9. The Balaban J connectivity index is 2.73. The first-order chi connectivity index (χ1) is 11.3. The van der Waals surface area contributed by atoms with Crippen molar-refractivity contribution in [2.24, 2.45) is 11.5 Å². The monoisotopic (exact) mass is 348 g/mol. The highest BCUT2D eigenvalue weighted by atomic mass is 16.7. The summed E-state index contributed by atoms with van der Waals surface area (Å²) in [5, 5.41) is 17.9. The topological polar surface area (TPSA) is 188 Å². The number of ether oxygens (including phenoxy) is 3. The number of carbonyl (C=O) groups is 4. The van der Waals surface area contributed by atoms with E-state index < -0.39 is 54.8 Å². The lowest BCUT2D eigenvalue weighted by Crippen LogP contribution is -2.46. The lowest BCUT2D eigenvalue weighted by atomic mass is 10.1. The maximum Gasteiger partial charge on any atom is 0.506 e. The number of carboxylic acid groups (broad SMARTS) is 1. The van der Waals surface area contributed by atoms with E-state index in [0.717, 1.165) is 0 Å². The zero-order chi connectivity index (χ0) is 18.3. The van der Waals surface area contributed by atoms with E-state index >= 15 is 0 Å². The van der Waals surface area contributed by atoms with Crippen molar-refractivity contribution in [3.05, 3.63) is 0 Å². The van der Waals surface area contributed by atoms with Crippen LogP contribution < -0.4 is 11.5 Å². The van der Waals surface area contributed by atoms with E-state index in [2.05, 4.69) is 9.47 Å². The van der Waals surface area contributed by atoms with Crippen molar-refractivity contribution < 1.29 is 43.6 Å². The summed E-state index contributed by atoms with van der Waals surface area (Å²) in [7, 11) is 0. The van der Waals surface area contributed by atoms with E-state index in [1.807, 2.05) is 0 Å². The van der Waals surface area contributed by atoms with Gasteiger partial charge in [0.05, 0.1) is 6.61 Å². The van der Waals surface area contributed by atoms with Gasteiger partial charge >= 0.3 is 18.1 Å². The Bertz CT molecular complexity index is 496. The molecule has 1 aliphatic heterocycles. The van der Waals surface area contributed by atoms with Gasteiger partial charge in [-0.05, 0) is 19.4 Å². The molecule has 0 aromatic rings. The van der Waals surface area contributed by atoms with E-state index in [9.17, 15) is 24.3 Å². The van der Waals surface area contributed by atoms with Gasteiger partial charge in [0.1, 0.15) is 6.04 Å². The molecule has 1 saturated heterocycles. The van der Waals surface area contributed by atoms with Crippen LogP contribution >= 0.6 is 0 Å². The molecule has 0 amide bonds. The van der Waals surface area contributed by atoms with Crippen LogP contribution in [-0.4, -0.2) is 71.6 Å². The zero-order valence-corrected chi connectivity index (χ0v) is 12.8.